The van der Waals surface area contributed by atoms with Gasteiger partial charge in [0, 0.05) is 23.3 Å². The molecule has 4 N–H and O–H groups in total. The second kappa shape index (κ2) is 5.13. The van der Waals surface area contributed by atoms with E-state index in [0.29, 0.717) is 11.3 Å². The van der Waals surface area contributed by atoms with Crippen molar-refractivity contribution in [2.24, 2.45) is 0 Å². The van der Waals surface area contributed by atoms with E-state index in [4.69, 9.17) is 5.73 Å². The topological polar surface area (TPSA) is 88.2 Å². The van der Waals surface area contributed by atoms with Gasteiger partial charge in [-0.3, -0.25) is 9.78 Å². The van der Waals surface area contributed by atoms with E-state index < -0.39 is 0 Å². The summed E-state index contributed by atoms with van der Waals surface area (Å²) in [6, 6.07) is 11.9. The van der Waals surface area contributed by atoms with E-state index in [2.05, 4.69) is 10.3 Å². The van der Waals surface area contributed by atoms with Crippen molar-refractivity contribution in [3.05, 3.63) is 60.4 Å². The van der Waals surface area contributed by atoms with Gasteiger partial charge in [0.05, 0.1) is 11.4 Å². The summed E-state index contributed by atoms with van der Waals surface area (Å²) in [5.74, 6) is -0.427. The average molecular weight is 279 g/mol. The van der Waals surface area contributed by atoms with Crippen molar-refractivity contribution >= 4 is 28.1 Å². The number of hydrogen-bond donors (Lipinski definition) is 3. The Morgan fingerprint density at radius 1 is 1.19 bits per heavy atom. The summed E-state index contributed by atoms with van der Waals surface area (Å²) < 4.78 is 0. The normalized spacial score (nSPS) is 10.5. The Labute approximate surface area is 121 Å². The van der Waals surface area contributed by atoms with Gasteiger partial charge in [-0.05, 0) is 35.7 Å². The summed E-state index contributed by atoms with van der Waals surface area (Å²) in [7, 11) is 0. The molecule has 5 nitrogen and oxygen atoms in total. The zero-order chi connectivity index (χ0) is 14.8. The Morgan fingerprint density at radius 3 is 2.86 bits per heavy atom. The van der Waals surface area contributed by atoms with Crippen LogP contribution in [0.15, 0.2) is 54.9 Å². The van der Waals surface area contributed by atoms with Crippen molar-refractivity contribution in [1.82, 2.24) is 4.98 Å². The third kappa shape index (κ3) is 2.49. The molecule has 0 fully saturated rings. The fraction of sp³-hybridized carbons (Fsp3) is 0. The number of amides is 1. The smallest absolute Gasteiger partial charge is 0.255 e. The first-order valence-electron chi connectivity index (χ1n) is 6.38. The Kier molecular flexibility index (Phi) is 3.16. The molecule has 1 aromatic heterocycles. The maximum Gasteiger partial charge on any atom is 0.255 e. The number of nitrogens with one attached hydrogen (secondary N) is 1. The number of phenols is 1. The zero-order valence-corrected chi connectivity index (χ0v) is 11.1. The van der Waals surface area contributed by atoms with Crippen molar-refractivity contribution in [1.29, 1.82) is 0 Å². The summed E-state index contributed by atoms with van der Waals surface area (Å²) >= 11 is 0. The predicted molar refractivity (Wildman–Crippen MR) is 82.2 cm³/mol. The van der Waals surface area contributed by atoms with Crippen LogP contribution >= 0.6 is 0 Å². The molecule has 1 amide bonds. The quantitative estimate of drug-likeness (QED) is 0.497. The highest BCUT2D eigenvalue weighted by Crippen LogP contribution is 2.24. The number of phenolic OH excluding ortho intramolecular Hbond substituents is 1. The van der Waals surface area contributed by atoms with Crippen LogP contribution in [0.1, 0.15) is 10.4 Å². The lowest BCUT2D eigenvalue weighted by atomic mass is 10.1. The van der Waals surface area contributed by atoms with Crippen LogP contribution in [0.4, 0.5) is 11.4 Å². The van der Waals surface area contributed by atoms with E-state index in [0.717, 1.165) is 10.8 Å². The van der Waals surface area contributed by atoms with Gasteiger partial charge >= 0.3 is 0 Å². The van der Waals surface area contributed by atoms with E-state index in [1.165, 1.54) is 12.1 Å². The molecule has 21 heavy (non-hydrogen) atoms. The minimum atomic E-state index is -0.318. The standard InChI is InChI=1S/C16H13N3O2/c17-13-5-4-11(8-15(13)20)16(21)19-14-3-1-2-10-6-7-18-9-12(10)14/h1-9,20H,17H2,(H,19,21). The van der Waals surface area contributed by atoms with Crippen molar-refractivity contribution in [3.63, 3.8) is 0 Å². The number of rotatable bonds is 2. The Morgan fingerprint density at radius 2 is 2.05 bits per heavy atom. The first kappa shape index (κ1) is 12.9. The van der Waals surface area contributed by atoms with Gasteiger partial charge in [-0.25, -0.2) is 0 Å². The van der Waals surface area contributed by atoms with Crippen LogP contribution in [0.5, 0.6) is 5.75 Å². The molecular weight excluding hydrogens is 266 g/mol. The molecule has 0 aliphatic carbocycles. The third-order valence-electron chi connectivity index (χ3n) is 3.22. The molecule has 2 aromatic carbocycles. The Bertz CT molecular complexity index is 825. The van der Waals surface area contributed by atoms with E-state index in [1.807, 2.05) is 18.2 Å². The highest BCUT2D eigenvalue weighted by molar-refractivity contribution is 6.09. The predicted octanol–water partition coefficient (Wildman–Crippen LogP) is 2.77. The molecule has 0 bridgehead atoms. The molecule has 0 aliphatic heterocycles. The van der Waals surface area contributed by atoms with Gasteiger partial charge in [-0.1, -0.05) is 12.1 Å². The fourth-order valence-corrected chi connectivity index (χ4v) is 2.10. The Hall–Kier alpha value is -3.08. The number of anilines is 2. The number of aromatic hydroxyl groups is 1. The molecule has 0 atom stereocenters. The van der Waals surface area contributed by atoms with Gasteiger partial charge in [0.1, 0.15) is 5.75 Å². The monoisotopic (exact) mass is 279 g/mol. The molecule has 1 heterocycles. The van der Waals surface area contributed by atoms with Gasteiger partial charge in [-0.15, -0.1) is 0 Å². The molecule has 0 saturated heterocycles. The number of carbonyl (C=O) groups excluding carboxylic acids is 1. The number of hydrogen-bond acceptors (Lipinski definition) is 4. The van der Waals surface area contributed by atoms with E-state index >= 15 is 0 Å². The summed E-state index contributed by atoms with van der Waals surface area (Å²) in [5, 5.41) is 14.2. The maximum atomic E-state index is 12.2. The summed E-state index contributed by atoms with van der Waals surface area (Å²) in [6.45, 7) is 0. The SMILES string of the molecule is Nc1ccc(C(=O)Nc2cccc3ccncc23)cc1O. The molecule has 3 rings (SSSR count). The zero-order valence-electron chi connectivity index (χ0n) is 11.1. The van der Waals surface area contributed by atoms with Crippen LogP contribution < -0.4 is 11.1 Å². The lowest BCUT2D eigenvalue weighted by Crippen LogP contribution is -2.12. The lowest BCUT2D eigenvalue weighted by molar-refractivity contribution is 0.102. The third-order valence-corrected chi connectivity index (χ3v) is 3.22. The van der Waals surface area contributed by atoms with E-state index in [1.54, 1.807) is 24.5 Å². The van der Waals surface area contributed by atoms with Crippen molar-refractivity contribution in [2.45, 2.75) is 0 Å². The van der Waals surface area contributed by atoms with Crippen molar-refractivity contribution in [3.8, 4) is 5.75 Å². The number of nitrogens with two attached hydrogens (primary N) is 1. The van der Waals surface area contributed by atoms with Crippen LogP contribution in [-0.2, 0) is 0 Å². The van der Waals surface area contributed by atoms with Gasteiger partial charge in [0.15, 0.2) is 0 Å². The van der Waals surface area contributed by atoms with Gasteiger partial charge in [-0.2, -0.15) is 0 Å². The number of fused-ring (bicyclic) bond motifs is 1. The largest absolute Gasteiger partial charge is 0.506 e. The molecule has 0 unspecified atom stereocenters. The van der Waals surface area contributed by atoms with Crippen LogP contribution in [0.3, 0.4) is 0 Å². The molecule has 3 aromatic rings. The molecule has 0 spiro atoms. The Balaban J connectivity index is 1.94. The number of aromatic nitrogens is 1. The minimum absolute atomic E-state index is 0.109. The second-order valence-corrected chi connectivity index (χ2v) is 4.63. The summed E-state index contributed by atoms with van der Waals surface area (Å²) in [5.41, 5.74) is 6.77. The van der Waals surface area contributed by atoms with Crippen LogP contribution in [0.2, 0.25) is 0 Å². The molecule has 0 radical (unpaired) electrons. The van der Waals surface area contributed by atoms with Crippen LogP contribution in [-0.4, -0.2) is 16.0 Å². The minimum Gasteiger partial charge on any atom is -0.506 e. The van der Waals surface area contributed by atoms with E-state index in [9.17, 15) is 9.90 Å². The summed E-state index contributed by atoms with van der Waals surface area (Å²) in [4.78, 5) is 16.3. The van der Waals surface area contributed by atoms with Crippen molar-refractivity contribution < 1.29 is 9.90 Å². The second-order valence-electron chi connectivity index (χ2n) is 4.63. The van der Waals surface area contributed by atoms with Crippen molar-refractivity contribution in [2.75, 3.05) is 11.1 Å². The first-order chi connectivity index (χ1) is 10.1. The number of nitrogen functional groups attached to an aromatic ring is 1. The van der Waals surface area contributed by atoms with E-state index in [-0.39, 0.29) is 17.3 Å². The number of pyridine rings is 1. The van der Waals surface area contributed by atoms with Gasteiger partial charge in [0.2, 0.25) is 0 Å². The maximum absolute atomic E-state index is 12.2. The highest BCUT2D eigenvalue weighted by atomic mass is 16.3. The summed E-state index contributed by atoms with van der Waals surface area (Å²) in [6.07, 6.45) is 3.40. The first-order valence-corrected chi connectivity index (χ1v) is 6.38. The lowest BCUT2D eigenvalue weighted by Gasteiger charge is -2.09. The molecular formula is C16H13N3O2. The number of benzene rings is 2. The van der Waals surface area contributed by atoms with Crippen LogP contribution in [0.25, 0.3) is 10.8 Å². The molecule has 0 saturated carbocycles. The van der Waals surface area contributed by atoms with Gasteiger partial charge < -0.3 is 16.2 Å². The fourth-order valence-electron chi connectivity index (χ4n) is 2.10. The van der Waals surface area contributed by atoms with Gasteiger partial charge in [0.25, 0.3) is 5.91 Å². The molecule has 5 heteroatoms. The number of carbonyl (C=O) groups is 1. The molecule has 0 aliphatic rings. The highest BCUT2D eigenvalue weighted by Gasteiger charge is 2.10. The van der Waals surface area contributed by atoms with Crippen LogP contribution in [0, 0.1) is 0 Å². The number of nitrogens with zero attached hydrogens (tertiary/aromatic N) is 1. The average Bonchev–Trinajstić information content (AvgIpc) is 2.50. The molecule has 104 valence electrons.